The highest BCUT2D eigenvalue weighted by molar-refractivity contribution is 5.89. The average molecular weight is 201 g/mol. The summed E-state index contributed by atoms with van der Waals surface area (Å²) < 4.78 is 0. The number of hydrogen-bond donors (Lipinski definition) is 2. The minimum Gasteiger partial charge on any atom is -0.347 e. The molecule has 5 nitrogen and oxygen atoms in total. The molecule has 0 aromatic carbocycles. The van der Waals surface area contributed by atoms with Gasteiger partial charge in [-0.25, -0.2) is 0 Å². The fraction of sp³-hybridized carbons (Fsp3) is 0.778. The van der Waals surface area contributed by atoms with E-state index in [1.165, 1.54) is 4.90 Å². The quantitative estimate of drug-likeness (QED) is 0.632. The summed E-state index contributed by atoms with van der Waals surface area (Å²) in [6.07, 6.45) is 0.564. The molecule has 0 aliphatic rings. The molecular weight excluding hydrogens is 182 g/mol. The number of nitrogens with two attached hydrogens (primary N) is 1. The molecule has 0 fully saturated rings. The molecule has 82 valence electrons. The third-order valence-electron chi connectivity index (χ3n) is 1.95. The zero-order valence-corrected chi connectivity index (χ0v) is 9.20. The van der Waals surface area contributed by atoms with Gasteiger partial charge < -0.3 is 16.0 Å². The van der Waals surface area contributed by atoms with Crippen LogP contribution in [0.2, 0.25) is 0 Å². The predicted octanol–water partition coefficient (Wildman–Crippen LogP) is -0.683. The van der Waals surface area contributed by atoms with Crippen LogP contribution < -0.4 is 11.1 Å². The van der Waals surface area contributed by atoms with Crippen molar-refractivity contribution in [3.63, 3.8) is 0 Å². The first-order chi connectivity index (χ1) is 6.40. The average Bonchev–Trinajstić information content (AvgIpc) is 2.14. The van der Waals surface area contributed by atoms with Crippen molar-refractivity contribution in [1.29, 1.82) is 0 Å². The second kappa shape index (κ2) is 5.59. The van der Waals surface area contributed by atoms with Crippen molar-refractivity contribution in [2.75, 3.05) is 14.1 Å². The topological polar surface area (TPSA) is 75.4 Å². The van der Waals surface area contributed by atoms with E-state index < -0.39 is 12.1 Å². The zero-order valence-electron chi connectivity index (χ0n) is 9.20. The summed E-state index contributed by atoms with van der Waals surface area (Å²) in [5.74, 6) is -0.420. The molecule has 0 rings (SSSR count). The molecule has 0 aromatic rings. The monoisotopic (exact) mass is 201 g/mol. The fourth-order valence-corrected chi connectivity index (χ4v) is 0.955. The first-order valence-corrected chi connectivity index (χ1v) is 4.67. The van der Waals surface area contributed by atoms with E-state index in [4.69, 9.17) is 5.73 Å². The van der Waals surface area contributed by atoms with Gasteiger partial charge in [0.2, 0.25) is 11.8 Å². The van der Waals surface area contributed by atoms with Crippen LogP contribution in [-0.2, 0) is 9.59 Å². The molecule has 0 spiro atoms. The summed E-state index contributed by atoms with van der Waals surface area (Å²) in [6, 6.07) is -1.05. The predicted molar refractivity (Wildman–Crippen MR) is 54.6 cm³/mol. The number of rotatable bonds is 4. The lowest BCUT2D eigenvalue weighted by Crippen LogP contribution is -2.49. The van der Waals surface area contributed by atoms with Gasteiger partial charge in [0.05, 0.1) is 6.04 Å². The van der Waals surface area contributed by atoms with Crippen molar-refractivity contribution in [2.24, 2.45) is 5.73 Å². The van der Waals surface area contributed by atoms with Crippen molar-refractivity contribution in [3.8, 4) is 0 Å². The normalized spacial score (nSPS) is 14.4. The smallest absolute Gasteiger partial charge is 0.244 e. The van der Waals surface area contributed by atoms with Crippen LogP contribution in [0.15, 0.2) is 0 Å². The Bertz CT molecular complexity index is 216. The second-order valence-corrected chi connectivity index (χ2v) is 3.48. The van der Waals surface area contributed by atoms with Gasteiger partial charge in [0.25, 0.3) is 0 Å². The van der Waals surface area contributed by atoms with Crippen LogP contribution in [0.5, 0.6) is 0 Å². The van der Waals surface area contributed by atoms with E-state index in [0.29, 0.717) is 6.42 Å². The fourth-order valence-electron chi connectivity index (χ4n) is 0.955. The van der Waals surface area contributed by atoms with Crippen molar-refractivity contribution in [3.05, 3.63) is 0 Å². The highest BCUT2D eigenvalue weighted by atomic mass is 16.2. The maximum Gasteiger partial charge on any atom is 0.244 e. The van der Waals surface area contributed by atoms with Crippen LogP contribution in [0.1, 0.15) is 20.3 Å². The lowest BCUT2D eigenvalue weighted by Gasteiger charge is -2.19. The molecule has 2 amide bonds. The van der Waals surface area contributed by atoms with Crippen molar-refractivity contribution >= 4 is 11.8 Å². The molecule has 0 saturated carbocycles. The summed E-state index contributed by atoms with van der Waals surface area (Å²) in [6.45, 7) is 3.46. The molecule has 0 aliphatic carbocycles. The third kappa shape index (κ3) is 3.74. The van der Waals surface area contributed by atoms with Crippen molar-refractivity contribution in [1.82, 2.24) is 10.2 Å². The molecule has 14 heavy (non-hydrogen) atoms. The van der Waals surface area contributed by atoms with Gasteiger partial charge in [-0.2, -0.15) is 0 Å². The van der Waals surface area contributed by atoms with E-state index >= 15 is 0 Å². The van der Waals surface area contributed by atoms with E-state index in [0.717, 1.165) is 0 Å². The number of carbonyl (C=O) groups is 2. The van der Waals surface area contributed by atoms with Crippen LogP contribution in [0, 0.1) is 0 Å². The van der Waals surface area contributed by atoms with E-state index in [-0.39, 0.29) is 11.8 Å². The standard InChI is InChI=1S/C9H19N3O2/c1-5-7(10)8(13)11-6(2)9(14)12(3)4/h6-7H,5,10H2,1-4H3,(H,11,13)/t6?,7-/m1/s1. The van der Waals surface area contributed by atoms with E-state index in [1.807, 2.05) is 6.92 Å². The Hall–Kier alpha value is -1.10. The minimum atomic E-state index is -0.535. The van der Waals surface area contributed by atoms with E-state index in [1.54, 1.807) is 21.0 Å². The molecule has 1 unspecified atom stereocenters. The van der Waals surface area contributed by atoms with Gasteiger partial charge in [-0.05, 0) is 13.3 Å². The Morgan fingerprint density at radius 2 is 1.93 bits per heavy atom. The Labute approximate surface area is 84.6 Å². The Morgan fingerprint density at radius 1 is 1.43 bits per heavy atom. The SMILES string of the molecule is CC[C@@H](N)C(=O)NC(C)C(=O)N(C)C. The van der Waals surface area contributed by atoms with Gasteiger partial charge in [0.1, 0.15) is 6.04 Å². The molecule has 0 heterocycles. The number of carbonyl (C=O) groups excluding carboxylic acids is 2. The highest BCUT2D eigenvalue weighted by Gasteiger charge is 2.19. The second-order valence-electron chi connectivity index (χ2n) is 3.48. The number of hydrogen-bond acceptors (Lipinski definition) is 3. The zero-order chi connectivity index (χ0) is 11.3. The van der Waals surface area contributed by atoms with Crippen molar-refractivity contribution < 1.29 is 9.59 Å². The van der Waals surface area contributed by atoms with E-state index in [2.05, 4.69) is 5.32 Å². The molecule has 0 radical (unpaired) electrons. The molecule has 2 atom stereocenters. The van der Waals surface area contributed by atoms with Gasteiger partial charge >= 0.3 is 0 Å². The highest BCUT2D eigenvalue weighted by Crippen LogP contribution is 1.92. The maximum absolute atomic E-state index is 11.4. The Morgan fingerprint density at radius 3 is 2.29 bits per heavy atom. The summed E-state index contributed by atoms with van der Waals surface area (Å²) in [5, 5.41) is 2.56. The van der Waals surface area contributed by atoms with Crippen LogP contribution in [0.4, 0.5) is 0 Å². The van der Waals surface area contributed by atoms with Crippen molar-refractivity contribution in [2.45, 2.75) is 32.4 Å². The van der Waals surface area contributed by atoms with E-state index in [9.17, 15) is 9.59 Å². The molecule has 0 aromatic heterocycles. The van der Waals surface area contributed by atoms with Gasteiger partial charge in [-0.15, -0.1) is 0 Å². The summed E-state index contributed by atoms with van der Waals surface area (Å²) in [7, 11) is 3.29. The lowest BCUT2D eigenvalue weighted by molar-refractivity contribution is -0.134. The third-order valence-corrected chi connectivity index (χ3v) is 1.95. The first kappa shape index (κ1) is 12.9. The molecule has 0 bridgehead atoms. The summed E-state index contributed by atoms with van der Waals surface area (Å²) in [5.41, 5.74) is 5.50. The van der Waals surface area contributed by atoms with Gasteiger partial charge in [-0.3, -0.25) is 9.59 Å². The van der Waals surface area contributed by atoms with Crippen LogP contribution >= 0.6 is 0 Å². The number of likely N-dealkylation sites (N-methyl/N-ethyl adjacent to an activating group) is 1. The van der Waals surface area contributed by atoms with Crippen LogP contribution in [-0.4, -0.2) is 42.9 Å². The number of nitrogens with zero attached hydrogens (tertiary/aromatic N) is 1. The number of nitrogens with one attached hydrogen (secondary N) is 1. The maximum atomic E-state index is 11.4. The molecule has 0 saturated heterocycles. The minimum absolute atomic E-state index is 0.137. The molecule has 0 aliphatic heterocycles. The number of amides is 2. The lowest BCUT2D eigenvalue weighted by atomic mass is 10.2. The molecule has 5 heteroatoms. The Balaban J connectivity index is 4.12. The van der Waals surface area contributed by atoms with Gasteiger partial charge in [-0.1, -0.05) is 6.92 Å². The first-order valence-electron chi connectivity index (χ1n) is 4.67. The van der Waals surface area contributed by atoms with Gasteiger partial charge in [0.15, 0.2) is 0 Å². The molecule has 3 N–H and O–H groups in total. The summed E-state index contributed by atoms with van der Waals surface area (Å²) in [4.78, 5) is 24.1. The Kier molecular flexibility index (Phi) is 5.15. The van der Waals surface area contributed by atoms with Crippen LogP contribution in [0.25, 0.3) is 0 Å². The van der Waals surface area contributed by atoms with Gasteiger partial charge in [0, 0.05) is 14.1 Å². The molecular formula is C9H19N3O2. The largest absolute Gasteiger partial charge is 0.347 e. The summed E-state index contributed by atoms with van der Waals surface area (Å²) >= 11 is 0. The van der Waals surface area contributed by atoms with Crippen LogP contribution in [0.3, 0.4) is 0 Å².